The Hall–Kier alpha value is -0.610. The molecular formula is C9H21N3O. The number of nitrogens with zero attached hydrogens (tertiary/aromatic N) is 1. The van der Waals surface area contributed by atoms with Gasteiger partial charge in [0.2, 0.25) is 5.91 Å². The van der Waals surface area contributed by atoms with Crippen LogP contribution in [0.1, 0.15) is 13.8 Å². The van der Waals surface area contributed by atoms with Gasteiger partial charge in [0.15, 0.2) is 0 Å². The number of rotatable bonds is 7. The quantitative estimate of drug-likeness (QED) is 0.573. The van der Waals surface area contributed by atoms with Crippen molar-refractivity contribution < 1.29 is 4.79 Å². The van der Waals surface area contributed by atoms with Crippen LogP contribution in [0.15, 0.2) is 0 Å². The van der Waals surface area contributed by atoms with E-state index in [-0.39, 0.29) is 5.91 Å². The highest BCUT2D eigenvalue weighted by molar-refractivity contribution is 5.75. The van der Waals surface area contributed by atoms with Crippen LogP contribution in [0.3, 0.4) is 0 Å². The van der Waals surface area contributed by atoms with Gasteiger partial charge in [-0.15, -0.1) is 0 Å². The van der Waals surface area contributed by atoms with Crippen LogP contribution in [-0.4, -0.2) is 44.0 Å². The zero-order valence-electron chi connectivity index (χ0n) is 8.84. The number of likely N-dealkylation sites (N-methyl/N-ethyl adjacent to an activating group) is 1. The Labute approximate surface area is 80.5 Å². The lowest BCUT2D eigenvalue weighted by atomic mass is 10.2. The monoisotopic (exact) mass is 187 g/mol. The number of primary amides is 1. The molecule has 0 heterocycles. The van der Waals surface area contributed by atoms with Gasteiger partial charge in [-0.05, 0) is 13.0 Å². The SMILES string of the molecule is CNCCN(CC(N)=O)CC(C)C. The molecular weight excluding hydrogens is 166 g/mol. The van der Waals surface area contributed by atoms with Gasteiger partial charge in [-0.3, -0.25) is 9.69 Å². The summed E-state index contributed by atoms with van der Waals surface area (Å²) in [6.07, 6.45) is 0. The predicted octanol–water partition coefficient (Wildman–Crippen LogP) is -0.351. The van der Waals surface area contributed by atoms with Crippen LogP contribution >= 0.6 is 0 Å². The summed E-state index contributed by atoms with van der Waals surface area (Å²) in [4.78, 5) is 12.8. The van der Waals surface area contributed by atoms with Gasteiger partial charge < -0.3 is 11.1 Å². The van der Waals surface area contributed by atoms with Gasteiger partial charge in [-0.2, -0.15) is 0 Å². The molecule has 4 heteroatoms. The minimum absolute atomic E-state index is 0.253. The normalized spacial score (nSPS) is 11.2. The van der Waals surface area contributed by atoms with E-state index in [0.717, 1.165) is 19.6 Å². The first-order valence-corrected chi connectivity index (χ1v) is 4.71. The van der Waals surface area contributed by atoms with Crippen molar-refractivity contribution in [2.75, 3.05) is 33.2 Å². The summed E-state index contributed by atoms with van der Waals surface area (Å²) in [5, 5.41) is 3.05. The van der Waals surface area contributed by atoms with Gasteiger partial charge in [0.1, 0.15) is 0 Å². The van der Waals surface area contributed by atoms with Crippen LogP contribution in [0.25, 0.3) is 0 Å². The van der Waals surface area contributed by atoms with Crippen LogP contribution in [0.5, 0.6) is 0 Å². The van der Waals surface area contributed by atoms with E-state index in [1.54, 1.807) is 0 Å². The van der Waals surface area contributed by atoms with E-state index in [0.29, 0.717) is 12.5 Å². The van der Waals surface area contributed by atoms with Crippen molar-refractivity contribution in [3.8, 4) is 0 Å². The van der Waals surface area contributed by atoms with E-state index in [1.165, 1.54) is 0 Å². The van der Waals surface area contributed by atoms with Crippen LogP contribution in [0.4, 0.5) is 0 Å². The second kappa shape index (κ2) is 6.86. The minimum atomic E-state index is -0.253. The van der Waals surface area contributed by atoms with E-state index in [2.05, 4.69) is 24.1 Å². The summed E-state index contributed by atoms with van der Waals surface area (Å²) in [6, 6.07) is 0. The summed E-state index contributed by atoms with van der Waals surface area (Å²) in [5.74, 6) is 0.313. The van der Waals surface area contributed by atoms with Crippen molar-refractivity contribution in [3.05, 3.63) is 0 Å². The summed E-state index contributed by atoms with van der Waals surface area (Å²) in [5.41, 5.74) is 5.14. The number of nitrogens with two attached hydrogens (primary N) is 1. The molecule has 1 amide bonds. The zero-order chi connectivity index (χ0) is 10.3. The Morgan fingerprint density at radius 3 is 2.54 bits per heavy atom. The predicted molar refractivity (Wildman–Crippen MR) is 54.4 cm³/mol. The molecule has 0 aliphatic rings. The molecule has 0 saturated carbocycles. The summed E-state index contributed by atoms with van der Waals surface area (Å²) < 4.78 is 0. The highest BCUT2D eigenvalue weighted by atomic mass is 16.1. The zero-order valence-corrected chi connectivity index (χ0v) is 8.84. The second-order valence-corrected chi connectivity index (χ2v) is 3.70. The third-order valence-electron chi connectivity index (χ3n) is 1.68. The van der Waals surface area contributed by atoms with E-state index in [4.69, 9.17) is 5.73 Å². The Kier molecular flexibility index (Phi) is 6.54. The number of hydrogen-bond donors (Lipinski definition) is 2. The number of amides is 1. The average molecular weight is 187 g/mol. The molecule has 0 rings (SSSR count). The maximum atomic E-state index is 10.7. The average Bonchev–Trinajstić information content (AvgIpc) is 1.98. The lowest BCUT2D eigenvalue weighted by molar-refractivity contribution is -0.119. The molecule has 0 aliphatic carbocycles. The number of nitrogens with one attached hydrogen (secondary N) is 1. The van der Waals surface area contributed by atoms with Gasteiger partial charge in [0.05, 0.1) is 6.54 Å². The molecule has 0 saturated heterocycles. The van der Waals surface area contributed by atoms with E-state index in [9.17, 15) is 4.79 Å². The van der Waals surface area contributed by atoms with Gasteiger partial charge in [-0.1, -0.05) is 13.8 Å². The fourth-order valence-corrected chi connectivity index (χ4v) is 1.24. The topological polar surface area (TPSA) is 58.4 Å². The smallest absolute Gasteiger partial charge is 0.231 e. The highest BCUT2D eigenvalue weighted by Crippen LogP contribution is 1.97. The maximum Gasteiger partial charge on any atom is 0.231 e. The van der Waals surface area contributed by atoms with Crippen LogP contribution in [0.2, 0.25) is 0 Å². The Bertz CT molecular complexity index is 148. The standard InChI is InChI=1S/C9H21N3O/c1-8(2)6-12(5-4-11-3)7-9(10)13/h8,11H,4-7H2,1-3H3,(H2,10,13). The first kappa shape index (κ1) is 12.4. The molecule has 0 aromatic heterocycles. The maximum absolute atomic E-state index is 10.7. The largest absolute Gasteiger partial charge is 0.369 e. The summed E-state index contributed by atoms with van der Waals surface area (Å²) in [6.45, 7) is 7.31. The van der Waals surface area contributed by atoms with Crippen LogP contribution in [-0.2, 0) is 4.79 Å². The van der Waals surface area contributed by atoms with Gasteiger partial charge >= 0.3 is 0 Å². The third-order valence-corrected chi connectivity index (χ3v) is 1.68. The first-order chi connectivity index (χ1) is 6.06. The van der Waals surface area contributed by atoms with Gasteiger partial charge in [-0.25, -0.2) is 0 Å². The summed E-state index contributed by atoms with van der Waals surface area (Å²) in [7, 11) is 1.90. The molecule has 0 bridgehead atoms. The molecule has 0 aromatic rings. The van der Waals surface area contributed by atoms with Crippen molar-refractivity contribution in [1.82, 2.24) is 10.2 Å². The molecule has 3 N–H and O–H groups in total. The minimum Gasteiger partial charge on any atom is -0.369 e. The van der Waals surface area contributed by atoms with E-state index < -0.39 is 0 Å². The fourth-order valence-electron chi connectivity index (χ4n) is 1.24. The van der Waals surface area contributed by atoms with Crippen molar-refractivity contribution in [3.63, 3.8) is 0 Å². The summed E-state index contributed by atoms with van der Waals surface area (Å²) >= 11 is 0. The lowest BCUT2D eigenvalue weighted by Crippen LogP contribution is -2.39. The first-order valence-electron chi connectivity index (χ1n) is 4.71. The highest BCUT2D eigenvalue weighted by Gasteiger charge is 2.08. The lowest BCUT2D eigenvalue weighted by Gasteiger charge is -2.22. The van der Waals surface area contributed by atoms with Crippen molar-refractivity contribution in [1.29, 1.82) is 0 Å². The number of carbonyl (C=O) groups excluding carboxylic acids is 1. The second-order valence-electron chi connectivity index (χ2n) is 3.70. The van der Waals surface area contributed by atoms with E-state index in [1.807, 2.05) is 7.05 Å². The Morgan fingerprint density at radius 2 is 2.15 bits per heavy atom. The third kappa shape index (κ3) is 7.74. The molecule has 78 valence electrons. The van der Waals surface area contributed by atoms with Gasteiger partial charge in [0, 0.05) is 19.6 Å². The van der Waals surface area contributed by atoms with Crippen molar-refractivity contribution >= 4 is 5.91 Å². The Balaban J connectivity index is 3.80. The molecule has 0 fully saturated rings. The molecule has 0 radical (unpaired) electrons. The molecule has 13 heavy (non-hydrogen) atoms. The molecule has 0 atom stereocenters. The Morgan fingerprint density at radius 1 is 1.54 bits per heavy atom. The van der Waals surface area contributed by atoms with Gasteiger partial charge in [0.25, 0.3) is 0 Å². The van der Waals surface area contributed by atoms with Crippen molar-refractivity contribution in [2.45, 2.75) is 13.8 Å². The van der Waals surface area contributed by atoms with Crippen LogP contribution < -0.4 is 11.1 Å². The molecule has 0 unspecified atom stereocenters. The number of carbonyl (C=O) groups is 1. The van der Waals surface area contributed by atoms with E-state index >= 15 is 0 Å². The van der Waals surface area contributed by atoms with Crippen molar-refractivity contribution in [2.24, 2.45) is 11.7 Å². The number of hydrogen-bond acceptors (Lipinski definition) is 3. The fraction of sp³-hybridized carbons (Fsp3) is 0.889. The molecule has 0 aromatic carbocycles. The van der Waals surface area contributed by atoms with Crippen LogP contribution in [0, 0.1) is 5.92 Å². The molecule has 0 spiro atoms. The molecule has 4 nitrogen and oxygen atoms in total. The molecule has 0 aliphatic heterocycles.